The Labute approximate surface area is 155 Å². The number of rotatable bonds is 4. The van der Waals surface area contributed by atoms with Crippen molar-refractivity contribution >= 4 is 27.5 Å². The van der Waals surface area contributed by atoms with Crippen LogP contribution in [0.1, 0.15) is 17.2 Å². The number of nitrogens with zero attached hydrogens (tertiary/aromatic N) is 2. The van der Waals surface area contributed by atoms with Gasteiger partial charge in [0.1, 0.15) is 5.82 Å². The number of benzene rings is 2. The number of sulfonamides is 1. The van der Waals surface area contributed by atoms with Crippen molar-refractivity contribution in [3.8, 4) is 0 Å². The number of hydrogen-bond acceptors (Lipinski definition) is 5. The van der Waals surface area contributed by atoms with Crippen molar-refractivity contribution in [3.63, 3.8) is 0 Å². The average Bonchev–Trinajstić information content (AvgIpc) is 2.88. The summed E-state index contributed by atoms with van der Waals surface area (Å²) in [5.74, 6) is 0.179. The maximum absolute atomic E-state index is 14.0. The molecule has 138 valence electrons. The zero-order valence-corrected chi connectivity index (χ0v) is 15.4. The van der Waals surface area contributed by atoms with E-state index < -0.39 is 20.6 Å². The van der Waals surface area contributed by atoms with Crippen molar-refractivity contribution in [2.45, 2.75) is 16.6 Å². The number of halogens is 1. The SMILES string of the molecule is O=[N+]([O-])c1ccccc1S(=O)(=O)N1CCSC(c2ccccc2F)CC1. The Morgan fingerprint density at radius 2 is 1.81 bits per heavy atom. The van der Waals surface area contributed by atoms with Gasteiger partial charge in [-0.15, -0.1) is 0 Å². The molecule has 0 aliphatic carbocycles. The van der Waals surface area contributed by atoms with E-state index in [0.717, 1.165) is 0 Å². The largest absolute Gasteiger partial charge is 0.289 e. The molecular formula is C17H17FN2O4S2. The van der Waals surface area contributed by atoms with E-state index in [9.17, 15) is 22.9 Å². The lowest BCUT2D eigenvalue weighted by Gasteiger charge is -2.20. The maximum atomic E-state index is 14.0. The lowest BCUT2D eigenvalue weighted by Crippen LogP contribution is -2.33. The molecule has 2 aromatic rings. The van der Waals surface area contributed by atoms with Crippen molar-refractivity contribution in [1.82, 2.24) is 4.31 Å². The van der Waals surface area contributed by atoms with Crippen LogP contribution < -0.4 is 0 Å². The summed E-state index contributed by atoms with van der Waals surface area (Å²) in [6.45, 7) is 0.407. The van der Waals surface area contributed by atoms with Gasteiger partial charge in [0.05, 0.1) is 4.92 Å². The van der Waals surface area contributed by atoms with Gasteiger partial charge >= 0.3 is 0 Å². The molecule has 0 amide bonds. The number of nitro groups is 1. The van der Waals surface area contributed by atoms with Crippen LogP contribution in [0.15, 0.2) is 53.4 Å². The van der Waals surface area contributed by atoms with Gasteiger partial charge in [0, 0.05) is 35.7 Å². The molecule has 1 unspecified atom stereocenters. The number of hydrogen-bond donors (Lipinski definition) is 0. The molecule has 0 bridgehead atoms. The van der Waals surface area contributed by atoms with Crippen molar-refractivity contribution in [2.75, 3.05) is 18.8 Å². The highest BCUT2D eigenvalue weighted by Crippen LogP contribution is 2.37. The first-order chi connectivity index (χ1) is 12.4. The van der Waals surface area contributed by atoms with Crippen LogP contribution in [0.4, 0.5) is 10.1 Å². The van der Waals surface area contributed by atoms with Gasteiger partial charge in [0.25, 0.3) is 5.69 Å². The number of nitro benzene ring substituents is 1. The van der Waals surface area contributed by atoms with Gasteiger partial charge in [-0.25, -0.2) is 12.8 Å². The molecule has 1 aliphatic rings. The summed E-state index contributed by atoms with van der Waals surface area (Å²) in [6, 6.07) is 11.8. The number of thioether (sulfide) groups is 1. The van der Waals surface area contributed by atoms with E-state index in [2.05, 4.69) is 0 Å². The van der Waals surface area contributed by atoms with E-state index in [4.69, 9.17) is 0 Å². The number of para-hydroxylation sites is 1. The molecule has 0 spiro atoms. The molecule has 1 aliphatic heterocycles. The van der Waals surface area contributed by atoms with Gasteiger partial charge in [0.15, 0.2) is 4.90 Å². The van der Waals surface area contributed by atoms with Gasteiger partial charge in [-0.1, -0.05) is 30.3 Å². The van der Waals surface area contributed by atoms with E-state index in [1.54, 1.807) is 18.2 Å². The molecule has 6 nitrogen and oxygen atoms in total. The Balaban J connectivity index is 1.85. The Bertz CT molecular complexity index is 920. The van der Waals surface area contributed by atoms with E-state index in [-0.39, 0.29) is 29.1 Å². The van der Waals surface area contributed by atoms with Gasteiger partial charge in [-0.2, -0.15) is 16.1 Å². The van der Waals surface area contributed by atoms with Crippen LogP contribution in [0.3, 0.4) is 0 Å². The molecular weight excluding hydrogens is 379 g/mol. The summed E-state index contributed by atoms with van der Waals surface area (Å²) in [5.41, 5.74) is 0.123. The highest BCUT2D eigenvalue weighted by molar-refractivity contribution is 7.99. The van der Waals surface area contributed by atoms with Crippen LogP contribution in [-0.4, -0.2) is 36.5 Å². The van der Waals surface area contributed by atoms with Crippen LogP contribution >= 0.6 is 11.8 Å². The molecule has 0 radical (unpaired) electrons. The standard InChI is InChI=1S/C17H17FN2O4S2/c18-14-6-2-1-5-13(14)16-9-10-19(11-12-25-16)26(23,24)17-8-4-3-7-15(17)20(21)22/h1-8,16H,9-12H2. The Morgan fingerprint density at radius 3 is 2.54 bits per heavy atom. The summed E-state index contributed by atoms with van der Waals surface area (Å²) >= 11 is 1.50. The highest BCUT2D eigenvalue weighted by atomic mass is 32.2. The summed E-state index contributed by atoms with van der Waals surface area (Å²) in [5, 5.41) is 11.0. The van der Waals surface area contributed by atoms with E-state index in [0.29, 0.717) is 17.7 Å². The minimum Gasteiger partial charge on any atom is -0.258 e. The molecule has 1 saturated heterocycles. The fraction of sp³-hybridized carbons (Fsp3) is 0.294. The first-order valence-corrected chi connectivity index (χ1v) is 10.5. The predicted octanol–water partition coefficient (Wildman–Crippen LogP) is 3.60. The Hall–Kier alpha value is -1.97. The van der Waals surface area contributed by atoms with Crippen molar-refractivity contribution in [2.24, 2.45) is 0 Å². The summed E-state index contributed by atoms with van der Waals surface area (Å²) in [6.07, 6.45) is 0.436. The monoisotopic (exact) mass is 396 g/mol. The maximum Gasteiger partial charge on any atom is 0.289 e. The quantitative estimate of drug-likeness (QED) is 0.583. The van der Waals surface area contributed by atoms with Gasteiger partial charge in [-0.3, -0.25) is 10.1 Å². The van der Waals surface area contributed by atoms with E-state index in [1.807, 2.05) is 0 Å². The van der Waals surface area contributed by atoms with Gasteiger partial charge in [0.2, 0.25) is 10.0 Å². The average molecular weight is 396 g/mol. The van der Waals surface area contributed by atoms with Crippen LogP contribution in [0.5, 0.6) is 0 Å². The minimum absolute atomic E-state index is 0.151. The van der Waals surface area contributed by atoms with Crippen LogP contribution in [-0.2, 0) is 10.0 Å². The van der Waals surface area contributed by atoms with E-state index >= 15 is 0 Å². The molecule has 0 N–H and O–H groups in total. The third kappa shape index (κ3) is 3.74. The smallest absolute Gasteiger partial charge is 0.258 e. The zero-order valence-electron chi connectivity index (χ0n) is 13.7. The second-order valence-electron chi connectivity index (χ2n) is 5.80. The second kappa shape index (κ2) is 7.73. The molecule has 0 aromatic heterocycles. The van der Waals surface area contributed by atoms with Crippen molar-refractivity contribution in [3.05, 3.63) is 70.0 Å². The fourth-order valence-electron chi connectivity index (χ4n) is 2.94. The summed E-state index contributed by atoms with van der Waals surface area (Å²) in [4.78, 5) is 10.2. The minimum atomic E-state index is -3.99. The third-order valence-corrected chi connectivity index (χ3v) is 7.49. The molecule has 2 aromatic carbocycles. The van der Waals surface area contributed by atoms with Gasteiger partial charge in [-0.05, 0) is 18.6 Å². The Morgan fingerprint density at radius 1 is 1.12 bits per heavy atom. The van der Waals surface area contributed by atoms with Crippen LogP contribution in [0.2, 0.25) is 0 Å². The molecule has 26 heavy (non-hydrogen) atoms. The normalized spacial score (nSPS) is 19.0. The molecule has 1 heterocycles. The van der Waals surface area contributed by atoms with Crippen molar-refractivity contribution < 1.29 is 17.7 Å². The molecule has 1 atom stereocenters. The molecule has 3 rings (SSSR count). The topological polar surface area (TPSA) is 80.5 Å². The molecule has 1 fully saturated rings. The van der Waals surface area contributed by atoms with Crippen molar-refractivity contribution in [1.29, 1.82) is 0 Å². The fourth-order valence-corrected chi connectivity index (χ4v) is 5.92. The van der Waals surface area contributed by atoms with Gasteiger partial charge < -0.3 is 0 Å². The van der Waals surface area contributed by atoms with E-state index in [1.165, 1.54) is 46.4 Å². The first-order valence-electron chi connectivity index (χ1n) is 8.01. The molecule has 9 heteroatoms. The Kier molecular flexibility index (Phi) is 5.59. The van der Waals surface area contributed by atoms with Crippen LogP contribution in [0.25, 0.3) is 0 Å². The first kappa shape index (κ1) is 18.8. The molecule has 0 saturated carbocycles. The summed E-state index contributed by atoms with van der Waals surface area (Å²) in [7, 11) is -3.99. The lowest BCUT2D eigenvalue weighted by molar-refractivity contribution is -0.387. The lowest BCUT2D eigenvalue weighted by atomic mass is 10.1. The predicted molar refractivity (Wildman–Crippen MR) is 98.1 cm³/mol. The van der Waals surface area contributed by atoms with Crippen LogP contribution in [0, 0.1) is 15.9 Å². The highest BCUT2D eigenvalue weighted by Gasteiger charge is 2.33. The second-order valence-corrected chi connectivity index (χ2v) is 9.02. The summed E-state index contributed by atoms with van der Waals surface area (Å²) < 4.78 is 41.1. The third-order valence-electron chi connectivity index (χ3n) is 4.23. The zero-order chi connectivity index (χ0) is 18.7.